The van der Waals surface area contributed by atoms with Gasteiger partial charge >= 0.3 is 0 Å². The van der Waals surface area contributed by atoms with Crippen molar-refractivity contribution in [3.8, 4) is 0 Å². The molecule has 1 saturated heterocycles. The van der Waals surface area contributed by atoms with E-state index in [1.807, 2.05) is 30.3 Å². The predicted octanol–water partition coefficient (Wildman–Crippen LogP) is -0.404. The van der Waals surface area contributed by atoms with Crippen molar-refractivity contribution < 1.29 is 14.8 Å². The van der Waals surface area contributed by atoms with Crippen LogP contribution in [0.5, 0.6) is 0 Å². The van der Waals surface area contributed by atoms with Gasteiger partial charge in [-0.05, 0) is 12.0 Å². The second kappa shape index (κ2) is 6.74. The van der Waals surface area contributed by atoms with Gasteiger partial charge in [0, 0.05) is 13.0 Å². The number of carbonyl (C=O) groups is 2. The van der Waals surface area contributed by atoms with Gasteiger partial charge in [0.05, 0.1) is 6.04 Å². The lowest BCUT2D eigenvalue weighted by Gasteiger charge is -2.18. The fourth-order valence-electron chi connectivity index (χ4n) is 2.26. The molecule has 1 aliphatic rings. The molecule has 21 heavy (non-hydrogen) atoms. The van der Waals surface area contributed by atoms with E-state index in [1.165, 1.54) is 0 Å². The lowest BCUT2D eigenvalue weighted by molar-refractivity contribution is -0.123. The van der Waals surface area contributed by atoms with Crippen molar-refractivity contribution in [3.05, 3.63) is 35.9 Å². The monoisotopic (exact) mass is 290 g/mol. The molecule has 0 spiro atoms. The highest BCUT2D eigenvalue weighted by atomic mass is 16.4. The molecule has 2 amide bonds. The molecular weight excluding hydrogens is 272 g/mol. The van der Waals surface area contributed by atoms with Gasteiger partial charge in [0.1, 0.15) is 5.92 Å². The molecule has 112 valence electrons. The van der Waals surface area contributed by atoms with E-state index in [0.717, 1.165) is 5.56 Å². The molecule has 1 aliphatic heterocycles. The molecule has 7 nitrogen and oxygen atoms in total. The Kier molecular flexibility index (Phi) is 4.76. The maximum Gasteiger partial charge on any atom is 0.231 e. The number of nitrogens with one attached hydrogen (secondary N) is 2. The number of hydrogen-bond acceptors (Lipinski definition) is 4. The number of oxime groups is 1. The van der Waals surface area contributed by atoms with Crippen LogP contribution in [0.4, 0.5) is 0 Å². The number of benzene rings is 1. The van der Waals surface area contributed by atoms with Crippen molar-refractivity contribution in [2.75, 3.05) is 6.54 Å². The Balaban J connectivity index is 2.05. The summed E-state index contributed by atoms with van der Waals surface area (Å²) in [7, 11) is 0. The number of hydrogen-bond donors (Lipinski definition) is 4. The maximum atomic E-state index is 12.3. The summed E-state index contributed by atoms with van der Waals surface area (Å²) >= 11 is 0. The Labute approximate surface area is 122 Å². The first-order valence-corrected chi connectivity index (χ1v) is 6.68. The van der Waals surface area contributed by atoms with E-state index in [0.29, 0.717) is 13.0 Å². The summed E-state index contributed by atoms with van der Waals surface area (Å²) in [5.74, 6) is -1.36. The molecule has 1 heterocycles. The zero-order chi connectivity index (χ0) is 15.2. The van der Waals surface area contributed by atoms with E-state index in [-0.39, 0.29) is 30.1 Å². The first kappa shape index (κ1) is 14.8. The van der Waals surface area contributed by atoms with Crippen molar-refractivity contribution in [1.82, 2.24) is 10.6 Å². The number of rotatable bonds is 5. The summed E-state index contributed by atoms with van der Waals surface area (Å²) in [6, 6.07) is 9.07. The van der Waals surface area contributed by atoms with Crippen LogP contribution in [0, 0.1) is 5.92 Å². The number of nitrogens with zero attached hydrogens (tertiary/aromatic N) is 1. The van der Waals surface area contributed by atoms with Crippen LogP contribution in [-0.2, 0) is 16.0 Å². The summed E-state index contributed by atoms with van der Waals surface area (Å²) in [5.41, 5.74) is 6.53. The van der Waals surface area contributed by atoms with Crippen LogP contribution in [0.3, 0.4) is 0 Å². The number of carbonyl (C=O) groups excluding carboxylic acids is 2. The van der Waals surface area contributed by atoms with Crippen molar-refractivity contribution in [3.63, 3.8) is 0 Å². The largest absolute Gasteiger partial charge is 0.409 e. The molecule has 1 aromatic rings. The Morgan fingerprint density at radius 1 is 1.48 bits per heavy atom. The molecule has 1 aromatic carbocycles. The smallest absolute Gasteiger partial charge is 0.231 e. The van der Waals surface area contributed by atoms with Crippen molar-refractivity contribution in [1.29, 1.82) is 0 Å². The van der Waals surface area contributed by atoms with Gasteiger partial charge in [0.25, 0.3) is 0 Å². The highest BCUT2D eigenvalue weighted by Crippen LogP contribution is 2.11. The van der Waals surface area contributed by atoms with Gasteiger partial charge in [-0.1, -0.05) is 35.5 Å². The van der Waals surface area contributed by atoms with Gasteiger partial charge in [-0.15, -0.1) is 0 Å². The van der Waals surface area contributed by atoms with Crippen LogP contribution in [0.2, 0.25) is 0 Å². The highest BCUT2D eigenvalue weighted by Gasteiger charge is 2.29. The third kappa shape index (κ3) is 3.95. The molecule has 0 aromatic heterocycles. The lowest BCUT2D eigenvalue weighted by atomic mass is 9.97. The summed E-state index contributed by atoms with van der Waals surface area (Å²) in [4.78, 5) is 23.4. The molecule has 0 saturated carbocycles. The van der Waals surface area contributed by atoms with Gasteiger partial charge in [-0.2, -0.15) is 0 Å². The SMILES string of the molecule is N/C(=N/O)C(Cc1ccccc1)C(=O)NC1CNC(=O)C1. The first-order chi connectivity index (χ1) is 10.1. The second-order valence-electron chi connectivity index (χ2n) is 4.98. The maximum absolute atomic E-state index is 12.3. The number of nitrogens with two attached hydrogens (primary N) is 1. The fraction of sp³-hybridized carbons (Fsp3) is 0.357. The average molecular weight is 290 g/mol. The minimum Gasteiger partial charge on any atom is -0.409 e. The van der Waals surface area contributed by atoms with E-state index in [4.69, 9.17) is 10.9 Å². The molecule has 5 N–H and O–H groups in total. The number of amides is 2. The van der Waals surface area contributed by atoms with Gasteiger partial charge in [-0.3, -0.25) is 9.59 Å². The molecule has 7 heteroatoms. The molecule has 0 radical (unpaired) electrons. The van der Waals surface area contributed by atoms with Crippen LogP contribution in [0.15, 0.2) is 35.5 Å². The summed E-state index contributed by atoms with van der Waals surface area (Å²) in [6.45, 7) is 0.402. The average Bonchev–Trinajstić information content (AvgIpc) is 2.90. The Morgan fingerprint density at radius 3 is 2.76 bits per heavy atom. The van der Waals surface area contributed by atoms with Crippen LogP contribution in [-0.4, -0.2) is 35.4 Å². The third-order valence-corrected chi connectivity index (χ3v) is 3.40. The van der Waals surface area contributed by atoms with E-state index < -0.39 is 5.92 Å². The van der Waals surface area contributed by atoms with Gasteiger partial charge in [0.15, 0.2) is 5.84 Å². The van der Waals surface area contributed by atoms with E-state index >= 15 is 0 Å². The van der Waals surface area contributed by atoms with Gasteiger partial charge in [-0.25, -0.2) is 0 Å². The van der Waals surface area contributed by atoms with Gasteiger partial charge in [0.2, 0.25) is 11.8 Å². The minimum absolute atomic E-state index is 0.0938. The molecule has 2 atom stereocenters. The molecule has 2 rings (SSSR count). The van der Waals surface area contributed by atoms with Crippen LogP contribution < -0.4 is 16.4 Å². The number of amidine groups is 1. The summed E-state index contributed by atoms with van der Waals surface area (Å²) in [5, 5.41) is 17.2. The first-order valence-electron chi connectivity index (χ1n) is 6.68. The predicted molar refractivity (Wildman–Crippen MR) is 76.6 cm³/mol. The summed E-state index contributed by atoms with van der Waals surface area (Å²) in [6.07, 6.45) is 0.580. The highest BCUT2D eigenvalue weighted by molar-refractivity contribution is 6.02. The third-order valence-electron chi connectivity index (χ3n) is 3.40. The Morgan fingerprint density at radius 2 is 2.19 bits per heavy atom. The second-order valence-corrected chi connectivity index (χ2v) is 4.98. The van der Waals surface area contributed by atoms with Crippen molar-refractivity contribution in [2.24, 2.45) is 16.8 Å². The van der Waals surface area contributed by atoms with Crippen LogP contribution >= 0.6 is 0 Å². The standard InChI is InChI=1S/C14H18N4O3/c15-13(18-21)11(6-9-4-2-1-3-5-9)14(20)17-10-7-12(19)16-8-10/h1-5,10-11,21H,6-8H2,(H2,15,18)(H,16,19)(H,17,20). The van der Waals surface area contributed by atoms with E-state index in [9.17, 15) is 9.59 Å². The van der Waals surface area contributed by atoms with E-state index in [2.05, 4.69) is 15.8 Å². The zero-order valence-electron chi connectivity index (χ0n) is 11.5. The molecule has 1 fully saturated rings. The van der Waals surface area contributed by atoms with Crippen molar-refractivity contribution in [2.45, 2.75) is 18.9 Å². The van der Waals surface area contributed by atoms with Crippen LogP contribution in [0.1, 0.15) is 12.0 Å². The zero-order valence-corrected chi connectivity index (χ0v) is 11.5. The lowest BCUT2D eigenvalue weighted by Crippen LogP contribution is -2.45. The van der Waals surface area contributed by atoms with E-state index in [1.54, 1.807) is 0 Å². The normalized spacial score (nSPS) is 19.9. The Bertz CT molecular complexity index is 544. The van der Waals surface area contributed by atoms with Crippen molar-refractivity contribution >= 4 is 17.6 Å². The van der Waals surface area contributed by atoms with Crippen LogP contribution in [0.25, 0.3) is 0 Å². The quantitative estimate of drug-likeness (QED) is 0.255. The Hall–Kier alpha value is -2.57. The molecular formula is C14H18N4O3. The molecule has 0 bridgehead atoms. The minimum atomic E-state index is -0.770. The summed E-state index contributed by atoms with van der Waals surface area (Å²) < 4.78 is 0. The molecule has 2 unspecified atom stereocenters. The molecule has 0 aliphatic carbocycles. The fourth-order valence-corrected chi connectivity index (χ4v) is 2.26. The topological polar surface area (TPSA) is 117 Å². The van der Waals surface area contributed by atoms with Gasteiger partial charge < -0.3 is 21.6 Å².